The lowest BCUT2D eigenvalue weighted by Crippen LogP contribution is -2.44. The van der Waals surface area contributed by atoms with Crippen LogP contribution in [0.5, 0.6) is 5.75 Å². The molecule has 0 unspecified atom stereocenters. The van der Waals surface area contributed by atoms with Crippen molar-refractivity contribution in [3.05, 3.63) is 52.5 Å². The third kappa shape index (κ3) is 4.18. The zero-order chi connectivity index (χ0) is 23.9. The van der Waals surface area contributed by atoms with Crippen LogP contribution in [-0.4, -0.2) is 56.8 Å². The van der Waals surface area contributed by atoms with E-state index in [1.807, 2.05) is 4.90 Å². The Morgan fingerprint density at radius 1 is 1.12 bits per heavy atom. The van der Waals surface area contributed by atoms with E-state index in [2.05, 4.69) is 24.3 Å². The number of nitrogens with zero attached hydrogens (tertiary/aromatic N) is 1. The van der Waals surface area contributed by atoms with Gasteiger partial charge in [-0.3, -0.25) is 4.79 Å². The maximum atomic E-state index is 12.7. The summed E-state index contributed by atoms with van der Waals surface area (Å²) in [5.41, 5.74) is 3.70. The minimum Gasteiger partial charge on any atom is -0.495 e. The SMILES string of the molecule is COC(=O)c1cc(Cl)c(OC)c(-c2ccc([C@H]3CC34CCN(C(=O)[C@H]3CCCO3)CC4)cc2)c1. The summed E-state index contributed by atoms with van der Waals surface area (Å²) in [6.07, 6.45) is 4.87. The molecule has 1 saturated carbocycles. The highest BCUT2D eigenvalue weighted by molar-refractivity contribution is 6.33. The molecule has 2 heterocycles. The lowest BCUT2D eigenvalue weighted by Gasteiger charge is -2.34. The summed E-state index contributed by atoms with van der Waals surface area (Å²) < 4.78 is 16.0. The van der Waals surface area contributed by atoms with Crippen molar-refractivity contribution in [3.8, 4) is 16.9 Å². The number of piperidine rings is 1. The van der Waals surface area contributed by atoms with Gasteiger partial charge in [-0.1, -0.05) is 35.9 Å². The summed E-state index contributed by atoms with van der Waals surface area (Å²) in [5.74, 6) is 0.795. The number of halogens is 1. The number of ether oxygens (including phenoxy) is 3. The van der Waals surface area contributed by atoms with E-state index in [1.165, 1.54) is 19.1 Å². The van der Waals surface area contributed by atoms with Crippen LogP contribution in [0.25, 0.3) is 11.1 Å². The van der Waals surface area contributed by atoms with Gasteiger partial charge in [-0.15, -0.1) is 0 Å². The third-order valence-electron chi connectivity index (χ3n) is 7.76. The largest absolute Gasteiger partial charge is 0.495 e. The Morgan fingerprint density at radius 2 is 1.85 bits per heavy atom. The van der Waals surface area contributed by atoms with Gasteiger partial charge in [0, 0.05) is 25.3 Å². The van der Waals surface area contributed by atoms with E-state index < -0.39 is 5.97 Å². The summed E-state index contributed by atoms with van der Waals surface area (Å²) in [6.45, 7) is 2.35. The van der Waals surface area contributed by atoms with Gasteiger partial charge in [0.05, 0.1) is 24.8 Å². The zero-order valence-electron chi connectivity index (χ0n) is 19.6. The normalized spacial score (nSPS) is 23.1. The van der Waals surface area contributed by atoms with Crippen molar-refractivity contribution in [3.63, 3.8) is 0 Å². The van der Waals surface area contributed by atoms with Gasteiger partial charge >= 0.3 is 5.97 Å². The smallest absolute Gasteiger partial charge is 0.337 e. The van der Waals surface area contributed by atoms with Crippen LogP contribution in [0.3, 0.4) is 0 Å². The monoisotopic (exact) mass is 483 g/mol. The van der Waals surface area contributed by atoms with Crippen molar-refractivity contribution in [1.82, 2.24) is 4.90 Å². The number of carbonyl (C=O) groups excluding carboxylic acids is 2. The first-order valence-corrected chi connectivity index (χ1v) is 12.3. The van der Waals surface area contributed by atoms with E-state index in [-0.39, 0.29) is 12.0 Å². The van der Waals surface area contributed by atoms with Crippen molar-refractivity contribution in [1.29, 1.82) is 0 Å². The van der Waals surface area contributed by atoms with Crippen LogP contribution in [0, 0.1) is 5.41 Å². The molecule has 0 bridgehead atoms. The minimum atomic E-state index is -0.438. The number of methoxy groups -OCH3 is 2. The lowest BCUT2D eigenvalue weighted by molar-refractivity contribution is -0.142. The molecule has 6 nitrogen and oxygen atoms in total. The Labute approximate surface area is 205 Å². The van der Waals surface area contributed by atoms with Gasteiger partial charge in [-0.05, 0) is 66.7 Å². The molecule has 7 heteroatoms. The Morgan fingerprint density at radius 3 is 2.47 bits per heavy atom. The maximum absolute atomic E-state index is 12.7. The molecule has 1 aliphatic carbocycles. The third-order valence-corrected chi connectivity index (χ3v) is 8.04. The number of amides is 1. The first kappa shape index (κ1) is 23.2. The number of hydrogen-bond acceptors (Lipinski definition) is 5. The van der Waals surface area contributed by atoms with Gasteiger partial charge < -0.3 is 19.1 Å². The standard InChI is InChI=1S/C27H30ClNO5/c1-32-24-20(14-19(15-22(24)28)26(31)33-2)17-5-7-18(8-6-17)21-16-27(21)9-11-29(12-10-27)25(30)23-4-3-13-34-23/h5-8,14-15,21,23H,3-4,9-13,16H2,1-2H3/t21-,23-/m1/s1. The Hall–Kier alpha value is -2.57. The topological polar surface area (TPSA) is 65.1 Å². The van der Waals surface area contributed by atoms with Crippen LogP contribution in [0.4, 0.5) is 0 Å². The molecule has 2 aliphatic heterocycles. The highest BCUT2D eigenvalue weighted by Crippen LogP contribution is 2.65. The van der Waals surface area contributed by atoms with Crippen molar-refractivity contribution < 1.29 is 23.8 Å². The second-order valence-electron chi connectivity index (χ2n) is 9.60. The summed E-state index contributed by atoms with van der Waals surface area (Å²) >= 11 is 6.38. The summed E-state index contributed by atoms with van der Waals surface area (Å²) in [4.78, 5) is 26.7. The van der Waals surface area contributed by atoms with Crippen LogP contribution in [-0.2, 0) is 14.3 Å². The number of esters is 1. The lowest BCUT2D eigenvalue weighted by atomic mass is 9.88. The summed E-state index contributed by atoms with van der Waals surface area (Å²) in [5, 5.41) is 0.370. The molecule has 34 heavy (non-hydrogen) atoms. The average Bonchev–Trinajstić information content (AvgIpc) is 3.28. The fraction of sp³-hybridized carbons (Fsp3) is 0.481. The molecule has 5 rings (SSSR count). The summed E-state index contributed by atoms with van der Waals surface area (Å²) in [7, 11) is 2.92. The van der Waals surface area contributed by atoms with Crippen LogP contribution in [0.2, 0.25) is 5.02 Å². The molecule has 1 spiro atoms. The zero-order valence-corrected chi connectivity index (χ0v) is 20.4. The van der Waals surface area contributed by atoms with Gasteiger partial charge in [-0.2, -0.15) is 0 Å². The van der Waals surface area contributed by atoms with Gasteiger partial charge in [0.25, 0.3) is 5.91 Å². The van der Waals surface area contributed by atoms with Gasteiger partial charge in [-0.25, -0.2) is 4.79 Å². The molecule has 2 aromatic rings. The fourth-order valence-electron chi connectivity index (χ4n) is 5.67. The van der Waals surface area contributed by atoms with Crippen molar-refractivity contribution in [2.75, 3.05) is 33.9 Å². The molecular weight excluding hydrogens is 454 g/mol. The fourth-order valence-corrected chi connectivity index (χ4v) is 5.96. The number of rotatable bonds is 5. The van der Waals surface area contributed by atoms with Gasteiger partial charge in [0.2, 0.25) is 0 Å². The van der Waals surface area contributed by atoms with Crippen molar-refractivity contribution in [2.24, 2.45) is 5.41 Å². The van der Waals surface area contributed by atoms with E-state index in [0.717, 1.165) is 49.9 Å². The molecule has 1 amide bonds. The highest BCUT2D eigenvalue weighted by atomic mass is 35.5. The predicted molar refractivity (Wildman–Crippen MR) is 129 cm³/mol. The number of likely N-dealkylation sites (tertiary alicyclic amines) is 1. The van der Waals surface area contributed by atoms with Gasteiger partial charge in [0.1, 0.15) is 11.9 Å². The second kappa shape index (κ2) is 9.23. The van der Waals surface area contributed by atoms with E-state index in [9.17, 15) is 9.59 Å². The molecule has 0 radical (unpaired) electrons. The van der Waals surface area contributed by atoms with Crippen LogP contribution >= 0.6 is 11.6 Å². The Bertz CT molecular complexity index is 1080. The number of benzene rings is 2. The molecule has 0 aromatic heterocycles. The quantitative estimate of drug-likeness (QED) is 0.555. The van der Waals surface area contributed by atoms with Crippen LogP contribution < -0.4 is 4.74 Å². The average molecular weight is 484 g/mol. The van der Waals surface area contributed by atoms with Crippen molar-refractivity contribution >= 4 is 23.5 Å². The molecule has 2 atom stereocenters. The first-order valence-electron chi connectivity index (χ1n) is 11.9. The predicted octanol–water partition coefficient (Wildman–Crippen LogP) is 5.08. The van der Waals surface area contributed by atoms with E-state index >= 15 is 0 Å². The molecule has 2 saturated heterocycles. The van der Waals surface area contributed by atoms with E-state index in [0.29, 0.717) is 34.3 Å². The minimum absolute atomic E-state index is 0.177. The highest BCUT2D eigenvalue weighted by Gasteiger charge is 2.55. The van der Waals surface area contributed by atoms with Crippen molar-refractivity contribution in [2.45, 2.75) is 44.1 Å². The first-order chi connectivity index (χ1) is 16.5. The van der Waals surface area contributed by atoms with E-state index in [1.54, 1.807) is 19.2 Å². The Kier molecular flexibility index (Phi) is 6.30. The molecule has 2 aromatic carbocycles. The van der Waals surface area contributed by atoms with Crippen LogP contribution in [0.1, 0.15) is 53.9 Å². The number of carbonyl (C=O) groups is 2. The Balaban J connectivity index is 1.28. The molecule has 0 N–H and O–H groups in total. The summed E-state index contributed by atoms with van der Waals surface area (Å²) in [6, 6.07) is 11.8. The second-order valence-corrected chi connectivity index (χ2v) is 10.0. The van der Waals surface area contributed by atoms with Gasteiger partial charge in [0.15, 0.2) is 0 Å². The van der Waals surface area contributed by atoms with Crippen LogP contribution in [0.15, 0.2) is 36.4 Å². The van der Waals surface area contributed by atoms with E-state index in [4.69, 9.17) is 25.8 Å². The number of hydrogen-bond donors (Lipinski definition) is 0. The molecule has 3 aliphatic rings. The molecule has 3 fully saturated rings. The maximum Gasteiger partial charge on any atom is 0.337 e. The molecule has 180 valence electrons. The molecular formula is C27H30ClNO5.